The molecule has 0 unspecified atom stereocenters. The Labute approximate surface area is 271 Å². The molecule has 0 saturated heterocycles. The summed E-state index contributed by atoms with van der Waals surface area (Å²) in [6.45, 7) is 7.01. The standard InChI is InChI=1S/C38H41N5O3/c1-4-5-20-35(44)42(36(28(2)3)38(45)46-27-31-16-10-7-11-17-31)25-30-21-23-32(24-22-30)33-18-12-13-19-34(33)37-39-40-41-43(37)26-29-14-8-6-9-15-29/h6-19,21-24,28,36H,4-5,20,25-27H2,1-3H3/t36-/m0/s1. The molecule has 0 N–H and O–H groups in total. The quantitative estimate of drug-likeness (QED) is 0.121. The maximum absolute atomic E-state index is 13.6. The third-order valence-electron chi connectivity index (χ3n) is 7.99. The predicted molar refractivity (Wildman–Crippen MR) is 179 cm³/mol. The van der Waals surface area contributed by atoms with Crippen LogP contribution in [-0.2, 0) is 34.0 Å². The normalized spacial score (nSPS) is 11.7. The van der Waals surface area contributed by atoms with Gasteiger partial charge in [-0.1, -0.05) is 136 Å². The summed E-state index contributed by atoms with van der Waals surface area (Å²) in [6.07, 6.45) is 2.04. The first kappa shape index (κ1) is 32.3. The van der Waals surface area contributed by atoms with Gasteiger partial charge in [-0.15, -0.1) is 5.10 Å². The first-order valence-corrected chi connectivity index (χ1v) is 15.9. The second kappa shape index (κ2) is 15.8. The van der Waals surface area contributed by atoms with E-state index in [-0.39, 0.29) is 24.4 Å². The monoisotopic (exact) mass is 615 g/mol. The molecule has 0 spiro atoms. The predicted octanol–water partition coefficient (Wildman–Crippen LogP) is 7.34. The van der Waals surface area contributed by atoms with Crippen LogP contribution in [0.15, 0.2) is 109 Å². The second-order valence-corrected chi connectivity index (χ2v) is 11.8. The molecule has 8 nitrogen and oxygen atoms in total. The highest BCUT2D eigenvalue weighted by atomic mass is 16.5. The van der Waals surface area contributed by atoms with Gasteiger partial charge in [0.25, 0.3) is 0 Å². The van der Waals surface area contributed by atoms with Crippen molar-refractivity contribution in [2.45, 2.75) is 65.8 Å². The molecule has 5 rings (SSSR count). The summed E-state index contributed by atoms with van der Waals surface area (Å²) in [4.78, 5) is 28.7. The summed E-state index contributed by atoms with van der Waals surface area (Å²) in [6, 6.07) is 35.2. The van der Waals surface area contributed by atoms with Gasteiger partial charge >= 0.3 is 5.97 Å². The molecule has 4 aromatic carbocycles. The Kier molecular flexibility index (Phi) is 11.1. The van der Waals surface area contributed by atoms with Crippen molar-refractivity contribution in [3.8, 4) is 22.5 Å². The fourth-order valence-electron chi connectivity index (χ4n) is 5.56. The summed E-state index contributed by atoms with van der Waals surface area (Å²) in [5.41, 5.74) is 5.88. The van der Waals surface area contributed by atoms with E-state index in [1.807, 2.05) is 110 Å². The molecule has 0 aliphatic heterocycles. The van der Waals surface area contributed by atoms with E-state index in [2.05, 4.69) is 40.6 Å². The van der Waals surface area contributed by atoms with Gasteiger partial charge in [0.15, 0.2) is 5.82 Å². The lowest BCUT2D eigenvalue weighted by atomic mass is 9.97. The van der Waals surface area contributed by atoms with Gasteiger partial charge in [-0.25, -0.2) is 9.48 Å². The van der Waals surface area contributed by atoms with E-state index in [0.29, 0.717) is 25.3 Å². The number of tetrazole rings is 1. The fraction of sp³-hybridized carbons (Fsp3) is 0.289. The average molecular weight is 616 g/mol. The molecule has 8 heteroatoms. The minimum Gasteiger partial charge on any atom is -0.459 e. The van der Waals surface area contributed by atoms with Gasteiger partial charge in [0.05, 0.1) is 6.54 Å². The lowest BCUT2D eigenvalue weighted by Crippen LogP contribution is -2.48. The highest BCUT2D eigenvalue weighted by Crippen LogP contribution is 2.31. The summed E-state index contributed by atoms with van der Waals surface area (Å²) in [7, 11) is 0. The largest absolute Gasteiger partial charge is 0.459 e. The van der Waals surface area contributed by atoms with Gasteiger partial charge in [-0.3, -0.25) is 4.79 Å². The van der Waals surface area contributed by atoms with Crippen molar-refractivity contribution in [3.63, 3.8) is 0 Å². The zero-order valence-electron chi connectivity index (χ0n) is 26.8. The highest BCUT2D eigenvalue weighted by Gasteiger charge is 2.33. The average Bonchev–Trinajstić information content (AvgIpc) is 3.55. The van der Waals surface area contributed by atoms with Crippen molar-refractivity contribution < 1.29 is 14.3 Å². The Morgan fingerprint density at radius 1 is 0.783 bits per heavy atom. The highest BCUT2D eigenvalue weighted by molar-refractivity contribution is 5.85. The van der Waals surface area contributed by atoms with E-state index >= 15 is 0 Å². The van der Waals surface area contributed by atoms with Crippen LogP contribution in [0.5, 0.6) is 0 Å². The van der Waals surface area contributed by atoms with Crippen LogP contribution in [0.25, 0.3) is 22.5 Å². The number of benzene rings is 4. The zero-order chi connectivity index (χ0) is 32.3. The zero-order valence-corrected chi connectivity index (χ0v) is 26.8. The molecule has 1 amide bonds. The maximum Gasteiger partial charge on any atom is 0.329 e. The summed E-state index contributed by atoms with van der Waals surface area (Å²) in [5, 5.41) is 12.6. The summed E-state index contributed by atoms with van der Waals surface area (Å²) >= 11 is 0. The Balaban J connectivity index is 1.38. The van der Waals surface area contributed by atoms with Crippen molar-refractivity contribution in [3.05, 3.63) is 126 Å². The number of hydrogen-bond donors (Lipinski definition) is 0. The molecule has 0 radical (unpaired) electrons. The van der Waals surface area contributed by atoms with Crippen LogP contribution < -0.4 is 0 Å². The van der Waals surface area contributed by atoms with Crippen LogP contribution in [0.2, 0.25) is 0 Å². The van der Waals surface area contributed by atoms with Crippen LogP contribution in [0.3, 0.4) is 0 Å². The van der Waals surface area contributed by atoms with Crippen molar-refractivity contribution in [1.29, 1.82) is 0 Å². The van der Waals surface area contributed by atoms with E-state index in [1.165, 1.54) is 0 Å². The maximum atomic E-state index is 13.6. The van der Waals surface area contributed by atoms with E-state index in [1.54, 1.807) is 4.90 Å². The topological polar surface area (TPSA) is 90.2 Å². The van der Waals surface area contributed by atoms with Crippen molar-refractivity contribution in [1.82, 2.24) is 25.1 Å². The Morgan fingerprint density at radius 3 is 2.07 bits per heavy atom. The molecule has 5 aromatic rings. The number of carbonyl (C=O) groups excluding carboxylic acids is 2. The number of hydrogen-bond acceptors (Lipinski definition) is 6. The molecular weight excluding hydrogens is 574 g/mol. The summed E-state index contributed by atoms with van der Waals surface area (Å²) in [5.74, 6) is 0.131. The summed E-state index contributed by atoms with van der Waals surface area (Å²) < 4.78 is 7.56. The molecule has 236 valence electrons. The Hall–Kier alpha value is -5.11. The SMILES string of the molecule is CCCCC(=O)N(Cc1ccc(-c2ccccc2-c2nnnn2Cc2ccccc2)cc1)[C@H](C(=O)OCc1ccccc1)C(C)C. The lowest BCUT2D eigenvalue weighted by molar-refractivity contribution is -0.159. The molecular formula is C38H41N5O3. The van der Waals surface area contributed by atoms with E-state index < -0.39 is 6.04 Å². The molecule has 0 aliphatic rings. The molecule has 0 bridgehead atoms. The smallest absolute Gasteiger partial charge is 0.329 e. The minimum atomic E-state index is -0.697. The minimum absolute atomic E-state index is 0.0446. The van der Waals surface area contributed by atoms with Gasteiger partial charge in [0, 0.05) is 18.5 Å². The number of carbonyl (C=O) groups is 2. The Morgan fingerprint density at radius 2 is 1.41 bits per heavy atom. The van der Waals surface area contributed by atoms with Crippen molar-refractivity contribution >= 4 is 11.9 Å². The number of rotatable bonds is 14. The van der Waals surface area contributed by atoms with Crippen LogP contribution >= 0.6 is 0 Å². The van der Waals surface area contributed by atoms with E-state index in [9.17, 15) is 9.59 Å². The second-order valence-electron chi connectivity index (χ2n) is 11.8. The molecule has 1 heterocycles. The number of nitrogens with zero attached hydrogens (tertiary/aromatic N) is 5. The molecule has 1 aromatic heterocycles. The van der Waals surface area contributed by atoms with E-state index in [4.69, 9.17) is 4.74 Å². The van der Waals surface area contributed by atoms with Crippen LogP contribution in [0.1, 0.15) is 56.7 Å². The van der Waals surface area contributed by atoms with Crippen LogP contribution in [-0.4, -0.2) is 43.0 Å². The van der Waals surface area contributed by atoms with Gasteiger partial charge in [0.1, 0.15) is 12.6 Å². The van der Waals surface area contributed by atoms with Gasteiger partial charge < -0.3 is 9.64 Å². The van der Waals surface area contributed by atoms with Gasteiger partial charge in [-0.05, 0) is 50.6 Å². The number of amides is 1. The number of unbranched alkanes of at least 4 members (excludes halogenated alkanes) is 1. The van der Waals surface area contributed by atoms with Gasteiger partial charge in [-0.2, -0.15) is 0 Å². The number of esters is 1. The first-order valence-electron chi connectivity index (χ1n) is 15.9. The van der Waals surface area contributed by atoms with Gasteiger partial charge in [0.2, 0.25) is 5.91 Å². The first-order chi connectivity index (χ1) is 22.4. The van der Waals surface area contributed by atoms with Crippen molar-refractivity contribution in [2.24, 2.45) is 5.92 Å². The van der Waals surface area contributed by atoms with E-state index in [0.717, 1.165) is 46.2 Å². The fourth-order valence-corrected chi connectivity index (χ4v) is 5.56. The lowest BCUT2D eigenvalue weighted by Gasteiger charge is -2.33. The molecule has 0 aliphatic carbocycles. The molecule has 1 atom stereocenters. The third-order valence-corrected chi connectivity index (χ3v) is 7.99. The number of ether oxygens (including phenoxy) is 1. The Bertz CT molecular complexity index is 1700. The third kappa shape index (κ3) is 8.13. The van der Waals surface area contributed by atoms with Crippen LogP contribution in [0, 0.1) is 5.92 Å². The number of aromatic nitrogens is 4. The van der Waals surface area contributed by atoms with Crippen LogP contribution in [0.4, 0.5) is 0 Å². The molecule has 0 fully saturated rings. The molecule has 0 saturated carbocycles. The molecule has 46 heavy (non-hydrogen) atoms. The van der Waals surface area contributed by atoms with Crippen molar-refractivity contribution in [2.75, 3.05) is 0 Å².